The Morgan fingerprint density at radius 2 is 1.40 bits per heavy atom. The maximum Gasteiger partial charge on any atom is 0.262 e. The van der Waals surface area contributed by atoms with Crippen molar-refractivity contribution in [3.63, 3.8) is 0 Å². The molecule has 0 amide bonds. The zero-order valence-corrected chi connectivity index (χ0v) is 17.7. The minimum atomic E-state index is -4.07. The predicted molar refractivity (Wildman–Crippen MR) is 112 cm³/mol. The molecule has 0 spiro atoms. The van der Waals surface area contributed by atoms with Gasteiger partial charge in [-0.2, -0.15) is 0 Å². The SMILES string of the molecule is COc1ccc(S(=O)(=O)Nc2ccc(S(=O)(=O)Nc3ccccc3C)cc2)cc1F. The van der Waals surface area contributed by atoms with Crippen molar-refractivity contribution >= 4 is 31.4 Å². The molecule has 0 saturated carbocycles. The molecule has 0 aliphatic rings. The van der Waals surface area contributed by atoms with E-state index in [1.807, 2.05) is 0 Å². The number of aryl methyl sites for hydroxylation is 1. The molecule has 3 rings (SSSR count). The average Bonchev–Trinajstić information content (AvgIpc) is 2.69. The summed E-state index contributed by atoms with van der Waals surface area (Å²) in [6, 6.07) is 15.3. The van der Waals surface area contributed by atoms with E-state index in [0.717, 1.165) is 11.6 Å². The summed E-state index contributed by atoms with van der Waals surface area (Å²) >= 11 is 0. The first kappa shape index (κ1) is 21.6. The molecule has 30 heavy (non-hydrogen) atoms. The Hall–Kier alpha value is -3.11. The lowest BCUT2D eigenvalue weighted by molar-refractivity contribution is 0.385. The molecule has 0 atom stereocenters. The van der Waals surface area contributed by atoms with Crippen LogP contribution in [0.2, 0.25) is 0 Å². The van der Waals surface area contributed by atoms with Gasteiger partial charge in [0.2, 0.25) is 0 Å². The summed E-state index contributed by atoms with van der Waals surface area (Å²) in [4.78, 5) is -0.331. The fraction of sp³-hybridized carbons (Fsp3) is 0.100. The zero-order valence-electron chi connectivity index (χ0n) is 16.1. The van der Waals surface area contributed by atoms with Crippen LogP contribution in [0.15, 0.2) is 76.5 Å². The highest BCUT2D eigenvalue weighted by molar-refractivity contribution is 7.93. The summed E-state index contributed by atoms with van der Waals surface area (Å²) < 4.78 is 73.4. The minimum absolute atomic E-state index is 0.0378. The number of ether oxygens (including phenoxy) is 1. The van der Waals surface area contributed by atoms with Gasteiger partial charge >= 0.3 is 0 Å². The first-order chi connectivity index (χ1) is 14.1. The van der Waals surface area contributed by atoms with Crippen molar-refractivity contribution < 1.29 is 26.0 Å². The molecule has 3 aromatic rings. The van der Waals surface area contributed by atoms with E-state index in [2.05, 4.69) is 9.44 Å². The maximum absolute atomic E-state index is 13.8. The van der Waals surface area contributed by atoms with Crippen LogP contribution in [0.5, 0.6) is 5.75 Å². The Balaban J connectivity index is 1.80. The number of halogens is 1. The van der Waals surface area contributed by atoms with Crippen LogP contribution in [0.3, 0.4) is 0 Å². The molecular formula is C20H19FN2O5S2. The molecule has 0 heterocycles. The lowest BCUT2D eigenvalue weighted by Gasteiger charge is -2.12. The lowest BCUT2D eigenvalue weighted by atomic mass is 10.2. The molecule has 3 aromatic carbocycles. The third kappa shape index (κ3) is 4.71. The molecule has 0 aliphatic carbocycles. The van der Waals surface area contributed by atoms with E-state index in [1.165, 1.54) is 43.5 Å². The number of rotatable bonds is 7. The molecule has 0 aliphatic heterocycles. The van der Waals surface area contributed by atoms with E-state index in [1.54, 1.807) is 31.2 Å². The third-order valence-electron chi connectivity index (χ3n) is 4.24. The van der Waals surface area contributed by atoms with E-state index in [9.17, 15) is 21.2 Å². The van der Waals surface area contributed by atoms with Crippen LogP contribution in [0.4, 0.5) is 15.8 Å². The fourth-order valence-corrected chi connectivity index (χ4v) is 4.82. The molecule has 0 aromatic heterocycles. The fourth-order valence-electron chi connectivity index (χ4n) is 2.62. The largest absolute Gasteiger partial charge is 0.494 e. The Bertz CT molecular complexity index is 1270. The zero-order chi connectivity index (χ0) is 21.9. The van der Waals surface area contributed by atoms with Crippen LogP contribution >= 0.6 is 0 Å². The second-order valence-electron chi connectivity index (χ2n) is 6.35. The van der Waals surface area contributed by atoms with Crippen molar-refractivity contribution in [2.45, 2.75) is 16.7 Å². The van der Waals surface area contributed by atoms with Gasteiger partial charge in [-0.1, -0.05) is 18.2 Å². The summed E-state index contributed by atoms with van der Waals surface area (Å²) in [5.41, 5.74) is 1.34. The summed E-state index contributed by atoms with van der Waals surface area (Å²) in [7, 11) is -6.65. The normalized spacial score (nSPS) is 11.7. The van der Waals surface area contributed by atoms with Crippen molar-refractivity contribution in [2.24, 2.45) is 0 Å². The molecule has 0 unspecified atom stereocenters. The van der Waals surface area contributed by atoms with Gasteiger partial charge in [-0.15, -0.1) is 0 Å². The van der Waals surface area contributed by atoms with Crippen LogP contribution in [-0.2, 0) is 20.0 Å². The van der Waals surface area contributed by atoms with Gasteiger partial charge < -0.3 is 4.74 Å². The van der Waals surface area contributed by atoms with Crippen LogP contribution in [-0.4, -0.2) is 23.9 Å². The third-order valence-corrected chi connectivity index (χ3v) is 7.00. The van der Waals surface area contributed by atoms with Gasteiger partial charge in [0.15, 0.2) is 11.6 Å². The predicted octanol–water partition coefficient (Wildman–Crippen LogP) is 3.74. The first-order valence-electron chi connectivity index (χ1n) is 8.67. The highest BCUT2D eigenvalue weighted by atomic mass is 32.2. The van der Waals surface area contributed by atoms with Gasteiger partial charge in [-0.3, -0.25) is 9.44 Å². The van der Waals surface area contributed by atoms with Gasteiger partial charge in [0.1, 0.15) is 0 Å². The van der Waals surface area contributed by atoms with Gasteiger partial charge in [0, 0.05) is 5.69 Å². The Kier molecular flexibility index (Phi) is 5.99. The Labute approximate surface area is 174 Å². The highest BCUT2D eigenvalue weighted by Gasteiger charge is 2.19. The number of nitrogens with one attached hydrogen (secondary N) is 2. The number of benzene rings is 3. The highest BCUT2D eigenvalue weighted by Crippen LogP contribution is 2.24. The van der Waals surface area contributed by atoms with E-state index in [4.69, 9.17) is 4.74 Å². The Morgan fingerprint density at radius 3 is 2.00 bits per heavy atom. The minimum Gasteiger partial charge on any atom is -0.494 e. The molecule has 2 N–H and O–H groups in total. The average molecular weight is 451 g/mol. The van der Waals surface area contributed by atoms with Crippen LogP contribution < -0.4 is 14.2 Å². The monoisotopic (exact) mass is 450 g/mol. The quantitative estimate of drug-likeness (QED) is 0.571. The van der Waals surface area contributed by atoms with Crippen molar-refractivity contribution in [1.29, 1.82) is 0 Å². The molecule has 158 valence electrons. The molecule has 0 saturated heterocycles. The molecule has 10 heteroatoms. The first-order valence-corrected chi connectivity index (χ1v) is 11.6. The van der Waals surface area contributed by atoms with Gasteiger partial charge in [0.05, 0.1) is 22.6 Å². The lowest BCUT2D eigenvalue weighted by Crippen LogP contribution is -2.15. The number of sulfonamides is 2. The van der Waals surface area contributed by atoms with Crippen LogP contribution in [0, 0.1) is 12.7 Å². The van der Waals surface area contributed by atoms with E-state index < -0.39 is 25.9 Å². The summed E-state index contributed by atoms with van der Waals surface area (Å²) in [5, 5.41) is 0. The summed E-state index contributed by atoms with van der Waals surface area (Å²) in [6.45, 7) is 1.78. The number of hydrogen-bond donors (Lipinski definition) is 2. The van der Waals surface area contributed by atoms with Crippen molar-refractivity contribution in [3.8, 4) is 5.75 Å². The van der Waals surface area contributed by atoms with Gasteiger partial charge in [0.25, 0.3) is 20.0 Å². The van der Waals surface area contributed by atoms with E-state index in [0.29, 0.717) is 5.69 Å². The topological polar surface area (TPSA) is 102 Å². The van der Waals surface area contributed by atoms with Crippen LogP contribution in [0.1, 0.15) is 5.56 Å². The van der Waals surface area contributed by atoms with Crippen molar-refractivity contribution in [3.05, 3.63) is 78.1 Å². The van der Waals surface area contributed by atoms with Gasteiger partial charge in [-0.05, 0) is 61.0 Å². The molecule has 7 nitrogen and oxygen atoms in total. The second kappa shape index (κ2) is 8.33. The van der Waals surface area contributed by atoms with Crippen LogP contribution in [0.25, 0.3) is 0 Å². The van der Waals surface area contributed by atoms with Crippen molar-refractivity contribution in [1.82, 2.24) is 0 Å². The number of hydrogen-bond acceptors (Lipinski definition) is 5. The molecule has 0 fully saturated rings. The molecule has 0 bridgehead atoms. The molecule has 0 radical (unpaired) electrons. The number of para-hydroxylation sites is 1. The van der Waals surface area contributed by atoms with E-state index >= 15 is 0 Å². The smallest absolute Gasteiger partial charge is 0.262 e. The van der Waals surface area contributed by atoms with E-state index in [-0.39, 0.29) is 21.2 Å². The Morgan fingerprint density at radius 1 is 0.800 bits per heavy atom. The second-order valence-corrected chi connectivity index (χ2v) is 9.71. The summed E-state index contributed by atoms with van der Waals surface area (Å²) in [6.07, 6.45) is 0. The number of methoxy groups -OCH3 is 1. The maximum atomic E-state index is 13.8. The summed E-state index contributed by atoms with van der Waals surface area (Å²) in [5.74, 6) is -0.895. The molecular weight excluding hydrogens is 431 g/mol. The standard InChI is InChI=1S/C20H19FN2O5S2/c1-14-5-3-4-6-19(14)23-29(24,25)16-9-7-15(8-10-16)22-30(26,27)17-11-12-20(28-2)18(21)13-17/h3-13,22-23H,1-2H3. The van der Waals surface area contributed by atoms with Crippen molar-refractivity contribution in [2.75, 3.05) is 16.6 Å². The number of anilines is 2. The van der Waals surface area contributed by atoms with Gasteiger partial charge in [-0.25, -0.2) is 21.2 Å².